The largest absolute Gasteiger partial charge is 0.456 e. The van der Waals surface area contributed by atoms with Crippen molar-refractivity contribution in [2.75, 3.05) is 0 Å². The molecule has 0 saturated heterocycles. The summed E-state index contributed by atoms with van der Waals surface area (Å²) in [6, 6.07) is 0.865. The number of aliphatic hydroxyl groups is 1. The van der Waals surface area contributed by atoms with Crippen molar-refractivity contribution in [2.24, 2.45) is 5.92 Å². The van der Waals surface area contributed by atoms with Gasteiger partial charge in [0.05, 0.1) is 6.10 Å². The first-order chi connectivity index (χ1) is 12.2. The van der Waals surface area contributed by atoms with Crippen LogP contribution in [0.1, 0.15) is 26.2 Å². The summed E-state index contributed by atoms with van der Waals surface area (Å²) in [7, 11) is -4.24. The molecule has 0 radical (unpaired) electrons. The molecule has 0 aromatic heterocycles. The minimum Gasteiger partial charge on any atom is -0.456 e. The van der Waals surface area contributed by atoms with Crippen LogP contribution in [0.25, 0.3) is 0 Å². The minimum absolute atomic E-state index is 0.180. The maximum atomic E-state index is 12.0. The molecule has 1 N–H and O–H groups in total. The van der Waals surface area contributed by atoms with Crippen LogP contribution in [0.2, 0.25) is 51.9 Å². The van der Waals surface area contributed by atoms with Crippen molar-refractivity contribution in [3.8, 4) is 0 Å². The lowest BCUT2D eigenvalue weighted by Crippen LogP contribution is -2.60. The molecule has 0 heterocycles. The van der Waals surface area contributed by atoms with Crippen molar-refractivity contribution < 1.29 is 23.5 Å². The van der Waals surface area contributed by atoms with Crippen LogP contribution in [0.15, 0.2) is 12.2 Å². The van der Waals surface area contributed by atoms with Crippen LogP contribution in [-0.2, 0) is 18.4 Å². The van der Waals surface area contributed by atoms with E-state index in [1.807, 2.05) is 0 Å². The Labute approximate surface area is 169 Å². The normalized spacial score (nSPS) is 25.0. The molecule has 27 heavy (non-hydrogen) atoms. The van der Waals surface area contributed by atoms with Crippen LogP contribution >= 0.6 is 0 Å². The van der Waals surface area contributed by atoms with Gasteiger partial charge in [0.25, 0.3) is 0 Å². The standard InChI is InChI=1S/C19H40O5Si3/c1-14(2)18(21)22-16-12-10-11-15(17(16)20)19(13-25-3,23-26(4,5)6)24-27(7,8)9/h15-17,20H,1,10-13,25H2,2-9H3. The predicted molar refractivity (Wildman–Crippen MR) is 119 cm³/mol. The average molecular weight is 433 g/mol. The number of aliphatic hydroxyl groups excluding tert-OH is 1. The van der Waals surface area contributed by atoms with E-state index in [0.29, 0.717) is 12.0 Å². The van der Waals surface area contributed by atoms with E-state index < -0.39 is 40.6 Å². The van der Waals surface area contributed by atoms with Gasteiger partial charge in [0.1, 0.15) is 6.10 Å². The molecule has 1 aliphatic rings. The summed E-state index contributed by atoms with van der Waals surface area (Å²) in [4.78, 5) is 12.0. The molecule has 8 heteroatoms. The van der Waals surface area contributed by atoms with E-state index in [-0.39, 0.29) is 15.4 Å². The van der Waals surface area contributed by atoms with E-state index in [2.05, 4.69) is 52.4 Å². The summed E-state index contributed by atoms with van der Waals surface area (Å²) >= 11 is 0. The van der Waals surface area contributed by atoms with E-state index in [1.165, 1.54) is 0 Å². The van der Waals surface area contributed by atoms with Gasteiger partial charge in [-0.05, 0) is 71.5 Å². The lowest BCUT2D eigenvalue weighted by Gasteiger charge is -2.51. The molecule has 0 aromatic rings. The fourth-order valence-corrected chi connectivity index (χ4v) is 8.26. The Morgan fingerprint density at radius 3 is 2.07 bits per heavy atom. The molecule has 0 aliphatic heterocycles. The molecule has 1 saturated carbocycles. The van der Waals surface area contributed by atoms with Gasteiger partial charge < -0.3 is 18.7 Å². The lowest BCUT2D eigenvalue weighted by molar-refractivity contribution is -0.211. The molecular formula is C19H40O5Si3. The van der Waals surface area contributed by atoms with Crippen LogP contribution in [0.3, 0.4) is 0 Å². The molecule has 1 fully saturated rings. The van der Waals surface area contributed by atoms with Crippen molar-refractivity contribution in [1.29, 1.82) is 0 Å². The van der Waals surface area contributed by atoms with Crippen molar-refractivity contribution in [3.05, 3.63) is 12.2 Å². The zero-order valence-corrected chi connectivity index (χ0v) is 22.0. The molecule has 0 spiro atoms. The van der Waals surface area contributed by atoms with Gasteiger partial charge in [0.2, 0.25) is 0 Å². The highest BCUT2D eigenvalue weighted by Crippen LogP contribution is 2.43. The highest BCUT2D eigenvalue weighted by atomic mass is 28.4. The van der Waals surface area contributed by atoms with Crippen LogP contribution in [0.5, 0.6) is 0 Å². The Morgan fingerprint density at radius 2 is 1.67 bits per heavy atom. The Bertz CT molecular complexity index is 508. The van der Waals surface area contributed by atoms with Gasteiger partial charge >= 0.3 is 5.97 Å². The second kappa shape index (κ2) is 9.49. The molecule has 0 amide bonds. The maximum absolute atomic E-state index is 12.0. The second-order valence-corrected chi connectivity index (χ2v) is 20.1. The first-order valence-corrected chi connectivity index (χ1v) is 19.4. The van der Waals surface area contributed by atoms with E-state index in [9.17, 15) is 9.90 Å². The monoisotopic (exact) mass is 432 g/mol. The molecule has 1 rings (SSSR count). The van der Waals surface area contributed by atoms with Gasteiger partial charge in [-0.3, -0.25) is 0 Å². The van der Waals surface area contributed by atoms with Crippen LogP contribution in [-0.4, -0.2) is 55.2 Å². The maximum Gasteiger partial charge on any atom is 0.333 e. The molecule has 3 unspecified atom stereocenters. The van der Waals surface area contributed by atoms with Crippen molar-refractivity contribution in [2.45, 2.75) is 96.1 Å². The van der Waals surface area contributed by atoms with Gasteiger partial charge in [-0.2, -0.15) is 0 Å². The van der Waals surface area contributed by atoms with Crippen LogP contribution in [0, 0.1) is 5.92 Å². The molecule has 1 aliphatic carbocycles. The summed E-state index contributed by atoms with van der Waals surface area (Å²) in [6.45, 7) is 20.5. The Hall–Kier alpha value is -0.259. The van der Waals surface area contributed by atoms with Gasteiger partial charge in [0.15, 0.2) is 22.4 Å². The molecule has 158 valence electrons. The Kier molecular flexibility index (Phi) is 8.71. The van der Waals surface area contributed by atoms with Gasteiger partial charge in [-0.15, -0.1) is 0 Å². The lowest BCUT2D eigenvalue weighted by atomic mass is 9.79. The summed E-state index contributed by atoms with van der Waals surface area (Å²) in [6.07, 6.45) is 1.06. The predicted octanol–water partition coefficient (Wildman–Crippen LogP) is 3.67. The number of hydrogen-bond acceptors (Lipinski definition) is 5. The number of ether oxygens (including phenoxy) is 1. The van der Waals surface area contributed by atoms with Crippen LogP contribution < -0.4 is 0 Å². The smallest absolute Gasteiger partial charge is 0.333 e. The number of rotatable bonds is 9. The topological polar surface area (TPSA) is 65.0 Å². The molecule has 3 atom stereocenters. The third-order valence-electron chi connectivity index (χ3n) is 4.53. The average Bonchev–Trinajstić information content (AvgIpc) is 2.45. The van der Waals surface area contributed by atoms with Crippen molar-refractivity contribution >= 4 is 32.1 Å². The summed E-state index contributed by atoms with van der Waals surface area (Å²) < 4.78 is 19.0. The highest BCUT2D eigenvalue weighted by molar-refractivity contribution is 6.71. The quantitative estimate of drug-likeness (QED) is 0.261. The number of carbonyl (C=O) groups excluding carboxylic acids is 1. The highest BCUT2D eigenvalue weighted by Gasteiger charge is 2.52. The van der Waals surface area contributed by atoms with Crippen molar-refractivity contribution in [3.63, 3.8) is 0 Å². The van der Waals surface area contributed by atoms with E-state index in [1.54, 1.807) is 6.92 Å². The van der Waals surface area contributed by atoms with E-state index >= 15 is 0 Å². The fraction of sp³-hybridized carbons (Fsp3) is 0.842. The third-order valence-corrected chi connectivity index (χ3v) is 7.64. The van der Waals surface area contributed by atoms with E-state index in [4.69, 9.17) is 13.6 Å². The van der Waals surface area contributed by atoms with Gasteiger partial charge in [-0.25, -0.2) is 4.79 Å². The third kappa shape index (κ3) is 7.58. The first kappa shape index (κ1) is 24.8. The van der Waals surface area contributed by atoms with E-state index in [0.717, 1.165) is 18.9 Å². The number of hydrogen-bond donors (Lipinski definition) is 1. The summed E-state index contributed by atoms with van der Waals surface area (Å²) in [5.41, 5.74) is 0.355. The van der Waals surface area contributed by atoms with Gasteiger partial charge in [-0.1, -0.05) is 13.1 Å². The fourth-order valence-electron chi connectivity index (χ4n) is 3.83. The summed E-state index contributed by atoms with van der Waals surface area (Å²) in [5, 5.41) is 11.2. The Balaban J connectivity index is 3.24. The zero-order chi connectivity index (χ0) is 21.0. The zero-order valence-electron chi connectivity index (χ0n) is 18.6. The number of carbonyl (C=O) groups is 1. The number of esters is 1. The molecule has 5 nitrogen and oxygen atoms in total. The molecule has 0 bridgehead atoms. The minimum atomic E-state index is -1.93. The molecule has 0 aromatic carbocycles. The first-order valence-electron chi connectivity index (χ1n) is 10.2. The summed E-state index contributed by atoms with van der Waals surface area (Å²) in [5.74, 6) is -1.38. The Morgan fingerprint density at radius 1 is 1.15 bits per heavy atom. The van der Waals surface area contributed by atoms with Gasteiger partial charge in [0, 0.05) is 21.0 Å². The van der Waals surface area contributed by atoms with Crippen molar-refractivity contribution in [1.82, 2.24) is 0 Å². The SMILES string of the molecule is C=C(C)C(=O)OC1CCCC(C(C[SiH2]C)(O[Si](C)(C)C)O[Si](C)(C)C)C1O. The van der Waals surface area contributed by atoms with Crippen LogP contribution in [0.4, 0.5) is 0 Å². The molecular weight excluding hydrogens is 392 g/mol. The second-order valence-electron chi connectivity index (χ2n) is 9.74.